The van der Waals surface area contributed by atoms with Crippen LogP contribution < -0.4 is 27.0 Å². The van der Waals surface area contributed by atoms with Crippen LogP contribution >= 0.6 is 11.6 Å². The molecule has 0 spiro atoms. The zero-order valence-corrected chi connectivity index (χ0v) is 25.5. The third-order valence-electron chi connectivity index (χ3n) is 8.36. The maximum Gasteiger partial charge on any atom is 0.317 e. The lowest BCUT2D eigenvalue weighted by Gasteiger charge is -2.43. The number of amides is 3. The first-order chi connectivity index (χ1) is 20.2. The number of rotatable bonds is 8. The Morgan fingerprint density at radius 2 is 1.81 bits per heavy atom. The summed E-state index contributed by atoms with van der Waals surface area (Å²) in [5.41, 5.74) is 6.94. The fraction of sp³-hybridized carbons (Fsp3) is 0.552. The molecule has 13 heteroatoms. The lowest BCUT2D eigenvalue weighted by molar-refractivity contribution is 0.0964. The highest BCUT2D eigenvalue weighted by Gasteiger charge is 2.36. The highest BCUT2D eigenvalue weighted by molar-refractivity contribution is 6.31. The number of benzene rings is 1. The fourth-order valence-corrected chi connectivity index (χ4v) is 5.68. The molecular formula is C29H43ClN10O2. The molecule has 3 heterocycles. The number of carbonyl (C=O) groups excluding carboxylic acids is 2. The van der Waals surface area contributed by atoms with Gasteiger partial charge in [-0.05, 0) is 69.6 Å². The number of hydrogen-bond donors (Lipinski definition) is 5. The molecule has 2 aromatic rings. The first-order valence-electron chi connectivity index (χ1n) is 14.5. The first-order valence-corrected chi connectivity index (χ1v) is 14.9. The Bertz CT molecular complexity index is 1240. The molecule has 3 amide bonds. The van der Waals surface area contributed by atoms with Crippen LogP contribution in [-0.4, -0.2) is 97.6 Å². The molecular weight excluding hydrogens is 556 g/mol. The van der Waals surface area contributed by atoms with Gasteiger partial charge in [-0.15, -0.1) is 0 Å². The van der Waals surface area contributed by atoms with Gasteiger partial charge in [0.2, 0.25) is 0 Å². The number of nitrogens with zero attached hydrogens (tertiary/aromatic N) is 5. The maximum atomic E-state index is 13.1. The Labute approximate surface area is 252 Å². The molecule has 1 aromatic carbocycles. The van der Waals surface area contributed by atoms with Gasteiger partial charge >= 0.3 is 6.03 Å². The van der Waals surface area contributed by atoms with E-state index in [-0.39, 0.29) is 40.0 Å². The van der Waals surface area contributed by atoms with E-state index in [0.29, 0.717) is 25.6 Å². The van der Waals surface area contributed by atoms with Crippen LogP contribution in [0.5, 0.6) is 0 Å². The number of anilines is 2. The van der Waals surface area contributed by atoms with E-state index in [1.54, 1.807) is 14.1 Å². The van der Waals surface area contributed by atoms with Crippen LogP contribution in [-0.2, 0) is 6.42 Å². The maximum absolute atomic E-state index is 13.1. The summed E-state index contributed by atoms with van der Waals surface area (Å²) in [7, 11) is 5.35. The number of hydrogen-bond acceptors (Lipinski definition) is 8. The third kappa shape index (κ3) is 8.22. The summed E-state index contributed by atoms with van der Waals surface area (Å²) in [4.78, 5) is 42.9. The molecule has 0 atom stereocenters. The summed E-state index contributed by atoms with van der Waals surface area (Å²) in [5, 5.41) is 12.2. The molecule has 0 unspecified atom stereocenters. The molecule has 6 N–H and O–H groups in total. The fourth-order valence-electron chi connectivity index (χ4n) is 5.55. The van der Waals surface area contributed by atoms with E-state index >= 15 is 0 Å². The highest BCUT2D eigenvalue weighted by atomic mass is 35.5. The van der Waals surface area contributed by atoms with E-state index < -0.39 is 5.91 Å². The number of aliphatic imine (C=N–C) groups is 1. The number of aromatic nitrogens is 2. The molecule has 228 valence electrons. The van der Waals surface area contributed by atoms with Crippen molar-refractivity contribution in [2.75, 3.05) is 64.9 Å². The van der Waals surface area contributed by atoms with Gasteiger partial charge in [0.15, 0.2) is 28.4 Å². The zero-order chi connectivity index (χ0) is 30.1. The smallest absolute Gasteiger partial charge is 0.317 e. The van der Waals surface area contributed by atoms with E-state index in [1.807, 2.05) is 11.0 Å². The zero-order valence-electron chi connectivity index (χ0n) is 24.8. The van der Waals surface area contributed by atoms with Crippen LogP contribution in [0.1, 0.15) is 48.2 Å². The predicted molar refractivity (Wildman–Crippen MR) is 167 cm³/mol. The lowest BCUT2D eigenvalue weighted by Crippen LogP contribution is -2.54. The van der Waals surface area contributed by atoms with Crippen LogP contribution in [0.4, 0.5) is 16.4 Å². The number of guanidine groups is 1. The van der Waals surface area contributed by atoms with Crippen molar-refractivity contribution >= 4 is 41.1 Å². The van der Waals surface area contributed by atoms with E-state index in [2.05, 4.69) is 72.4 Å². The molecule has 0 bridgehead atoms. The van der Waals surface area contributed by atoms with Crippen molar-refractivity contribution in [3.05, 3.63) is 46.7 Å². The summed E-state index contributed by atoms with van der Waals surface area (Å²) >= 11 is 6.03. The summed E-state index contributed by atoms with van der Waals surface area (Å²) in [6, 6.07) is 10.7. The molecule has 2 saturated heterocycles. The highest BCUT2D eigenvalue weighted by Crippen LogP contribution is 2.36. The minimum Gasteiger partial charge on any atom is -0.381 e. The molecule has 42 heavy (non-hydrogen) atoms. The Kier molecular flexibility index (Phi) is 10.8. The van der Waals surface area contributed by atoms with E-state index in [1.165, 1.54) is 5.56 Å². The number of carbonyl (C=O) groups is 2. The Hall–Kier alpha value is -3.64. The van der Waals surface area contributed by atoms with Gasteiger partial charge in [-0.25, -0.2) is 14.8 Å². The van der Waals surface area contributed by atoms with Gasteiger partial charge in [0.1, 0.15) is 0 Å². The van der Waals surface area contributed by atoms with Crippen molar-refractivity contribution in [1.82, 2.24) is 35.7 Å². The molecule has 2 aliphatic heterocycles. The van der Waals surface area contributed by atoms with E-state index in [4.69, 9.17) is 17.3 Å². The summed E-state index contributed by atoms with van der Waals surface area (Å²) in [6.07, 6.45) is 5.48. The summed E-state index contributed by atoms with van der Waals surface area (Å²) in [5.74, 6) is 0.0563. The average molecular weight is 599 g/mol. The minimum absolute atomic E-state index is 0.0161. The second-order valence-corrected chi connectivity index (χ2v) is 11.6. The van der Waals surface area contributed by atoms with Gasteiger partial charge in [-0.3, -0.25) is 15.1 Å². The Morgan fingerprint density at radius 3 is 2.45 bits per heavy atom. The molecule has 4 rings (SSSR count). The number of urea groups is 1. The molecule has 0 saturated carbocycles. The normalized spacial score (nSPS) is 17.9. The van der Waals surface area contributed by atoms with Gasteiger partial charge in [0.05, 0.1) is 0 Å². The molecule has 2 aliphatic rings. The van der Waals surface area contributed by atoms with Crippen molar-refractivity contribution in [1.29, 1.82) is 0 Å². The number of nitrogens with two attached hydrogens (primary N) is 1. The molecule has 1 aromatic heterocycles. The molecule has 0 radical (unpaired) electrons. The number of nitrogens with one attached hydrogen (secondary N) is 4. The predicted octanol–water partition coefficient (Wildman–Crippen LogP) is 2.58. The number of likely N-dealkylation sites (tertiary alicyclic amines) is 2. The largest absolute Gasteiger partial charge is 0.381 e. The monoisotopic (exact) mass is 598 g/mol. The van der Waals surface area contributed by atoms with Crippen LogP contribution in [0.25, 0.3) is 0 Å². The van der Waals surface area contributed by atoms with Crippen molar-refractivity contribution < 1.29 is 9.59 Å². The molecule has 12 nitrogen and oxygen atoms in total. The average Bonchev–Trinajstić information content (AvgIpc) is 3.01. The SMILES string of the molecule is CN=C(NCC1(CCc2ccccc2)CCN(C(=O)NC2CCN(C)CC2)CC1)NC(=O)c1nc(Cl)c(N)nc1NC. The van der Waals surface area contributed by atoms with Crippen molar-refractivity contribution in [2.45, 2.75) is 44.6 Å². The minimum atomic E-state index is -0.513. The van der Waals surface area contributed by atoms with Crippen LogP contribution in [0.2, 0.25) is 5.15 Å². The van der Waals surface area contributed by atoms with Crippen LogP contribution in [0, 0.1) is 5.41 Å². The van der Waals surface area contributed by atoms with Crippen molar-refractivity contribution in [3.8, 4) is 0 Å². The standard InChI is InChI=1S/C29H43ClN10O2/c1-32-25-22(36-23(30)24(31)37-25)26(41)38-27(33-2)34-19-29(12-9-20-7-5-4-6-8-20)13-17-40(18-14-29)28(42)35-21-10-15-39(3)16-11-21/h4-8,21H,9-19H2,1-3H3,(H,35,42)(H3,31,32,37)(H2,33,34,38,41). The topological polar surface area (TPSA) is 153 Å². The van der Waals surface area contributed by atoms with Crippen molar-refractivity contribution in [3.63, 3.8) is 0 Å². The van der Waals surface area contributed by atoms with E-state index in [9.17, 15) is 9.59 Å². The molecule has 0 aliphatic carbocycles. The summed E-state index contributed by atoms with van der Waals surface area (Å²) in [6.45, 7) is 3.94. The van der Waals surface area contributed by atoms with E-state index in [0.717, 1.165) is 51.6 Å². The second kappa shape index (κ2) is 14.5. The van der Waals surface area contributed by atoms with Crippen LogP contribution in [0.15, 0.2) is 35.3 Å². The number of halogens is 1. The van der Waals surface area contributed by atoms with Gasteiger partial charge in [0.25, 0.3) is 5.91 Å². The second-order valence-electron chi connectivity index (χ2n) is 11.2. The summed E-state index contributed by atoms with van der Waals surface area (Å²) < 4.78 is 0. The Morgan fingerprint density at radius 1 is 1.12 bits per heavy atom. The number of aryl methyl sites for hydroxylation is 1. The van der Waals surface area contributed by atoms with Gasteiger partial charge in [-0.2, -0.15) is 0 Å². The number of nitrogen functional groups attached to an aromatic ring is 1. The third-order valence-corrected chi connectivity index (χ3v) is 8.64. The van der Waals surface area contributed by atoms with Crippen molar-refractivity contribution in [2.24, 2.45) is 10.4 Å². The van der Waals surface area contributed by atoms with Gasteiger partial charge in [0, 0.05) is 39.8 Å². The van der Waals surface area contributed by atoms with Crippen LogP contribution in [0.3, 0.4) is 0 Å². The lowest BCUT2D eigenvalue weighted by atomic mass is 9.74. The number of piperidine rings is 2. The quantitative estimate of drug-likeness (QED) is 0.230. The van der Waals surface area contributed by atoms with Gasteiger partial charge < -0.3 is 31.5 Å². The first kappa shape index (κ1) is 31.3. The Balaban J connectivity index is 1.40. The van der Waals surface area contributed by atoms with Gasteiger partial charge in [-0.1, -0.05) is 41.9 Å². The molecule has 2 fully saturated rings.